The van der Waals surface area contributed by atoms with E-state index in [1.165, 1.54) is 12.0 Å². The van der Waals surface area contributed by atoms with Gasteiger partial charge in [0.1, 0.15) is 0 Å². The van der Waals surface area contributed by atoms with Crippen LogP contribution >= 0.6 is 0 Å². The summed E-state index contributed by atoms with van der Waals surface area (Å²) in [4.78, 5) is 12.1. The van der Waals surface area contributed by atoms with Crippen LogP contribution in [0.3, 0.4) is 0 Å². The molecule has 0 bridgehead atoms. The number of hydrogen-bond acceptors (Lipinski definition) is 3. The Morgan fingerprint density at radius 3 is 2.46 bits per heavy atom. The Balaban J connectivity index is 1.91. The number of sulfonamides is 1. The zero-order chi connectivity index (χ0) is 17.6. The fraction of sp³-hybridized carbons (Fsp3) is 0.611. The Morgan fingerprint density at radius 1 is 1.12 bits per heavy atom. The molecule has 5 nitrogen and oxygen atoms in total. The first-order valence-electron chi connectivity index (χ1n) is 8.87. The first-order chi connectivity index (χ1) is 11.5. The second-order valence-electron chi connectivity index (χ2n) is 6.37. The van der Waals surface area contributed by atoms with Crippen LogP contribution in [0.4, 0.5) is 0 Å². The van der Waals surface area contributed by atoms with Gasteiger partial charge in [-0.2, -0.15) is 0 Å². The van der Waals surface area contributed by atoms with Crippen molar-refractivity contribution < 1.29 is 13.2 Å². The normalized spacial score (nSPS) is 14.5. The number of aryl methyl sites for hydroxylation is 2. The number of carbonyl (C=O) groups is 1. The third-order valence-corrected chi connectivity index (χ3v) is 6.08. The number of nitrogens with one attached hydrogen (secondary N) is 2. The van der Waals surface area contributed by atoms with Gasteiger partial charge in [-0.1, -0.05) is 19.9 Å². The smallest absolute Gasteiger partial charge is 0.240 e. The van der Waals surface area contributed by atoms with E-state index in [-0.39, 0.29) is 24.9 Å². The van der Waals surface area contributed by atoms with Gasteiger partial charge in [0.15, 0.2) is 0 Å². The molecule has 0 radical (unpaired) electrons. The zero-order valence-electron chi connectivity index (χ0n) is 14.6. The molecule has 0 saturated carbocycles. The fourth-order valence-corrected chi connectivity index (χ4v) is 4.13. The molecule has 1 aromatic carbocycles. The number of rotatable bonds is 8. The van der Waals surface area contributed by atoms with E-state index < -0.39 is 10.0 Å². The largest absolute Gasteiger partial charge is 0.353 e. The second-order valence-corrected chi connectivity index (χ2v) is 8.13. The van der Waals surface area contributed by atoms with Crippen LogP contribution in [0.5, 0.6) is 0 Å². The van der Waals surface area contributed by atoms with Crippen molar-refractivity contribution in [2.24, 2.45) is 0 Å². The number of fused-ring (bicyclic) bond motifs is 1. The maximum absolute atomic E-state index is 12.4. The molecule has 0 heterocycles. The number of hydrogen-bond donors (Lipinski definition) is 2. The topological polar surface area (TPSA) is 75.3 Å². The zero-order valence-corrected chi connectivity index (χ0v) is 15.4. The summed E-state index contributed by atoms with van der Waals surface area (Å²) in [5.74, 6) is -0.114. The van der Waals surface area contributed by atoms with Crippen LogP contribution < -0.4 is 10.0 Å². The first kappa shape index (κ1) is 18.9. The van der Waals surface area contributed by atoms with Gasteiger partial charge in [-0.3, -0.25) is 4.79 Å². The minimum atomic E-state index is -3.56. The molecule has 1 amide bonds. The highest BCUT2D eigenvalue weighted by atomic mass is 32.2. The highest BCUT2D eigenvalue weighted by molar-refractivity contribution is 7.89. The van der Waals surface area contributed by atoms with Crippen LogP contribution in [0.2, 0.25) is 0 Å². The molecular formula is C18H28N2O3S. The first-order valence-corrected chi connectivity index (χ1v) is 10.4. The molecule has 0 aromatic heterocycles. The van der Waals surface area contributed by atoms with E-state index in [2.05, 4.69) is 10.0 Å². The van der Waals surface area contributed by atoms with Crippen LogP contribution in [-0.4, -0.2) is 26.9 Å². The Hall–Kier alpha value is -1.40. The molecule has 0 unspecified atom stereocenters. The Morgan fingerprint density at radius 2 is 1.79 bits per heavy atom. The summed E-state index contributed by atoms with van der Waals surface area (Å²) in [5, 5.41) is 2.91. The highest BCUT2D eigenvalue weighted by Crippen LogP contribution is 2.23. The molecular weight excluding hydrogens is 324 g/mol. The Kier molecular flexibility index (Phi) is 6.80. The Labute approximate surface area is 145 Å². The standard InChI is InChI=1S/C18H28N2O3S/c1-3-16(4-2)20-18(21)11-12-19-24(22,23)17-10-9-14-7-5-6-8-15(14)13-17/h9-10,13,16,19H,3-8,11-12H2,1-2H3,(H,20,21). The van der Waals surface area contributed by atoms with Crippen molar-refractivity contribution in [1.82, 2.24) is 10.0 Å². The molecule has 0 saturated heterocycles. The van der Waals surface area contributed by atoms with Gasteiger partial charge in [-0.15, -0.1) is 0 Å². The molecule has 0 spiro atoms. The third-order valence-electron chi connectivity index (χ3n) is 4.63. The SMILES string of the molecule is CCC(CC)NC(=O)CCNS(=O)(=O)c1ccc2c(c1)CCCC2. The van der Waals surface area contributed by atoms with E-state index in [4.69, 9.17) is 0 Å². The predicted octanol–water partition coefficient (Wildman–Crippen LogP) is 2.54. The summed E-state index contributed by atoms with van der Waals surface area (Å²) in [6.07, 6.45) is 6.16. The van der Waals surface area contributed by atoms with Crippen LogP contribution in [0.15, 0.2) is 23.1 Å². The maximum Gasteiger partial charge on any atom is 0.240 e. The number of amides is 1. The van der Waals surface area contributed by atoms with Crippen molar-refractivity contribution in [3.05, 3.63) is 29.3 Å². The van der Waals surface area contributed by atoms with Crippen LogP contribution in [0, 0.1) is 0 Å². The van der Waals surface area contributed by atoms with Gasteiger partial charge in [0.2, 0.25) is 15.9 Å². The third kappa shape index (κ3) is 5.05. The number of benzene rings is 1. The van der Waals surface area contributed by atoms with Crippen LogP contribution in [0.25, 0.3) is 0 Å². The lowest BCUT2D eigenvalue weighted by atomic mass is 9.92. The van der Waals surface area contributed by atoms with Gasteiger partial charge >= 0.3 is 0 Å². The molecule has 1 aliphatic carbocycles. The summed E-state index contributed by atoms with van der Waals surface area (Å²) in [5.41, 5.74) is 2.39. The quantitative estimate of drug-likeness (QED) is 0.755. The molecule has 1 aliphatic rings. The second kappa shape index (κ2) is 8.62. The molecule has 0 fully saturated rings. The lowest BCUT2D eigenvalue weighted by molar-refractivity contribution is -0.121. The summed E-state index contributed by atoms with van der Waals surface area (Å²) in [6.45, 7) is 4.16. The summed E-state index contributed by atoms with van der Waals surface area (Å²) >= 11 is 0. The lowest BCUT2D eigenvalue weighted by Gasteiger charge is -2.17. The van der Waals surface area contributed by atoms with Gasteiger partial charge < -0.3 is 5.32 Å². The lowest BCUT2D eigenvalue weighted by Crippen LogP contribution is -2.36. The van der Waals surface area contributed by atoms with Gasteiger partial charge in [0.05, 0.1) is 4.90 Å². The average Bonchev–Trinajstić information content (AvgIpc) is 2.59. The van der Waals surface area contributed by atoms with E-state index in [0.29, 0.717) is 4.90 Å². The van der Waals surface area contributed by atoms with Gasteiger partial charge in [-0.25, -0.2) is 13.1 Å². The fourth-order valence-electron chi connectivity index (χ4n) is 3.05. The minimum Gasteiger partial charge on any atom is -0.353 e. The molecule has 0 aliphatic heterocycles. The van der Waals surface area contributed by atoms with E-state index in [1.54, 1.807) is 12.1 Å². The van der Waals surface area contributed by atoms with Crippen molar-refractivity contribution >= 4 is 15.9 Å². The van der Waals surface area contributed by atoms with E-state index in [0.717, 1.165) is 37.7 Å². The average molecular weight is 353 g/mol. The van der Waals surface area contributed by atoms with Crippen molar-refractivity contribution in [2.75, 3.05) is 6.54 Å². The van der Waals surface area contributed by atoms with Gasteiger partial charge in [0.25, 0.3) is 0 Å². The summed E-state index contributed by atoms with van der Waals surface area (Å²) in [7, 11) is -3.56. The van der Waals surface area contributed by atoms with Crippen molar-refractivity contribution in [3.63, 3.8) is 0 Å². The molecule has 6 heteroatoms. The van der Waals surface area contributed by atoms with Crippen molar-refractivity contribution in [1.29, 1.82) is 0 Å². The van der Waals surface area contributed by atoms with E-state index in [9.17, 15) is 13.2 Å². The highest BCUT2D eigenvalue weighted by Gasteiger charge is 2.18. The minimum absolute atomic E-state index is 0.114. The molecule has 134 valence electrons. The molecule has 0 atom stereocenters. The number of carbonyl (C=O) groups excluding carboxylic acids is 1. The van der Waals surface area contributed by atoms with Crippen molar-refractivity contribution in [3.8, 4) is 0 Å². The van der Waals surface area contributed by atoms with Crippen molar-refractivity contribution in [2.45, 2.75) is 69.7 Å². The molecule has 24 heavy (non-hydrogen) atoms. The van der Waals surface area contributed by atoms with Crippen LogP contribution in [-0.2, 0) is 27.7 Å². The Bertz CT molecular complexity index is 667. The summed E-state index contributed by atoms with van der Waals surface area (Å²) in [6, 6.07) is 5.52. The summed E-state index contributed by atoms with van der Waals surface area (Å²) < 4.78 is 27.3. The molecule has 2 rings (SSSR count). The van der Waals surface area contributed by atoms with E-state index in [1.807, 2.05) is 19.9 Å². The molecule has 1 aromatic rings. The monoisotopic (exact) mass is 352 g/mol. The molecule has 2 N–H and O–H groups in total. The van der Waals surface area contributed by atoms with Gasteiger partial charge in [-0.05, 0) is 61.8 Å². The van der Waals surface area contributed by atoms with Crippen LogP contribution in [0.1, 0.15) is 57.1 Å². The maximum atomic E-state index is 12.4. The van der Waals surface area contributed by atoms with E-state index >= 15 is 0 Å². The van der Waals surface area contributed by atoms with Gasteiger partial charge in [0, 0.05) is 19.0 Å². The predicted molar refractivity (Wildman–Crippen MR) is 95.4 cm³/mol.